The molecule has 9 heteroatoms. The molecule has 3 heterocycles. The maximum absolute atomic E-state index is 13.2. The van der Waals surface area contributed by atoms with E-state index in [-0.39, 0.29) is 24.2 Å². The summed E-state index contributed by atoms with van der Waals surface area (Å²) in [6, 6.07) is 7.66. The first-order valence-electron chi connectivity index (χ1n) is 8.49. The molecule has 2 amide bonds. The van der Waals surface area contributed by atoms with Crippen LogP contribution in [0.3, 0.4) is 0 Å². The van der Waals surface area contributed by atoms with E-state index in [4.69, 9.17) is 4.42 Å². The summed E-state index contributed by atoms with van der Waals surface area (Å²) in [5.41, 5.74) is 0.654. The van der Waals surface area contributed by atoms with Crippen molar-refractivity contribution in [3.05, 3.63) is 48.2 Å². The van der Waals surface area contributed by atoms with Gasteiger partial charge in [-0.15, -0.1) is 0 Å². The van der Waals surface area contributed by atoms with Crippen LogP contribution in [0, 0.1) is 5.82 Å². The molecule has 1 N–H and O–H groups in total. The van der Waals surface area contributed by atoms with E-state index >= 15 is 0 Å². The van der Waals surface area contributed by atoms with Gasteiger partial charge in [0.15, 0.2) is 10.9 Å². The molecule has 27 heavy (non-hydrogen) atoms. The highest BCUT2D eigenvalue weighted by atomic mass is 32.1. The Morgan fingerprint density at radius 2 is 2.04 bits per heavy atom. The Balaban J connectivity index is 1.29. The maximum atomic E-state index is 13.2. The fourth-order valence-electron chi connectivity index (χ4n) is 2.98. The highest BCUT2D eigenvalue weighted by Crippen LogP contribution is 2.26. The number of anilines is 1. The summed E-state index contributed by atoms with van der Waals surface area (Å²) in [5, 5.41) is 3.21. The van der Waals surface area contributed by atoms with Gasteiger partial charge in [0.25, 0.3) is 5.91 Å². The lowest BCUT2D eigenvalue weighted by molar-refractivity contribution is -0.117. The second-order valence-corrected chi connectivity index (χ2v) is 7.26. The standard InChI is InChI=1S/C18H17FN4O3S/c19-12-3-4-13-15(10-12)27-18(20-13)21-16(24)11-22-5-7-23(8-6-22)17(25)14-2-1-9-26-14/h1-4,9-10H,5-8,11H2,(H,20,21,24). The molecule has 0 atom stereocenters. The molecule has 0 spiro atoms. The van der Waals surface area contributed by atoms with Crippen molar-refractivity contribution in [3.63, 3.8) is 0 Å². The second-order valence-electron chi connectivity index (χ2n) is 6.22. The maximum Gasteiger partial charge on any atom is 0.289 e. The molecule has 0 unspecified atom stereocenters. The number of hydrogen-bond donors (Lipinski definition) is 1. The fraction of sp³-hybridized carbons (Fsp3) is 0.278. The Morgan fingerprint density at radius 3 is 2.78 bits per heavy atom. The third kappa shape index (κ3) is 3.99. The normalized spacial score (nSPS) is 15.2. The van der Waals surface area contributed by atoms with Crippen LogP contribution in [-0.4, -0.2) is 59.3 Å². The summed E-state index contributed by atoms with van der Waals surface area (Å²) in [5.74, 6) is -0.314. The lowest BCUT2D eigenvalue weighted by Gasteiger charge is -2.33. The molecule has 0 saturated carbocycles. The molecule has 1 aliphatic rings. The number of carbonyl (C=O) groups excluding carboxylic acids is 2. The van der Waals surface area contributed by atoms with Crippen molar-refractivity contribution in [2.24, 2.45) is 0 Å². The lowest BCUT2D eigenvalue weighted by atomic mass is 10.3. The second kappa shape index (κ2) is 7.45. The first-order valence-corrected chi connectivity index (χ1v) is 9.31. The van der Waals surface area contributed by atoms with Crippen LogP contribution >= 0.6 is 11.3 Å². The van der Waals surface area contributed by atoms with E-state index < -0.39 is 0 Å². The van der Waals surface area contributed by atoms with Crippen LogP contribution < -0.4 is 5.32 Å². The third-order valence-corrected chi connectivity index (χ3v) is 5.29. The molecule has 1 aliphatic heterocycles. The van der Waals surface area contributed by atoms with Crippen molar-refractivity contribution in [2.75, 3.05) is 38.0 Å². The predicted octanol–water partition coefficient (Wildman–Crippen LogP) is 2.42. The zero-order chi connectivity index (χ0) is 18.8. The van der Waals surface area contributed by atoms with Gasteiger partial charge in [0.05, 0.1) is 23.0 Å². The van der Waals surface area contributed by atoms with Crippen molar-refractivity contribution >= 4 is 38.5 Å². The number of piperazine rings is 1. The Bertz CT molecular complexity index is 964. The van der Waals surface area contributed by atoms with Crippen LogP contribution in [-0.2, 0) is 4.79 Å². The molecular formula is C18H17FN4O3S. The Hall–Kier alpha value is -2.78. The highest BCUT2D eigenvalue weighted by Gasteiger charge is 2.24. The quantitative estimate of drug-likeness (QED) is 0.743. The molecule has 3 aromatic rings. The summed E-state index contributed by atoms with van der Waals surface area (Å²) in [6.45, 7) is 2.49. The number of fused-ring (bicyclic) bond motifs is 1. The minimum absolute atomic E-state index is 0.134. The number of hydrogen-bond acceptors (Lipinski definition) is 6. The average Bonchev–Trinajstić information content (AvgIpc) is 3.30. The number of furan rings is 1. The number of amides is 2. The van der Waals surface area contributed by atoms with Gasteiger partial charge in [0.1, 0.15) is 5.82 Å². The summed E-state index contributed by atoms with van der Waals surface area (Å²) in [4.78, 5) is 32.5. The smallest absolute Gasteiger partial charge is 0.289 e. The van der Waals surface area contributed by atoms with Crippen molar-refractivity contribution in [1.29, 1.82) is 0 Å². The summed E-state index contributed by atoms with van der Waals surface area (Å²) in [7, 11) is 0. The SMILES string of the molecule is O=C(CN1CCN(C(=O)c2ccco2)CC1)Nc1nc2ccc(F)cc2s1. The predicted molar refractivity (Wildman–Crippen MR) is 99.3 cm³/mol. The molecule has 1 aromatic carbocycles. The van der Waals surface area contributed by atoms with Gasteiger partial charge in [-0.2, -0.15) is 0 Å². The van der Waals surface area contributed by atoms with Gasteiger partial charge in [-0.05, 0) is 30.3 Å². The number of rotatable bonds is 4. The van der Waals surface area contributed by atoms with E-state index in [2.05, 4.69) is 10.3 Å². The van der Waals surface area contributed by atoms with Gasteiger partial charge in [-0.1, -0.05) is 11.3 Å². The van der Waals surface area contributed by atoms with Crippen molar-refractivity contribution in [3.8, 4) is 0 Å². The van der Waals surface area contributed by atoms with Crippen molar-refractivity contribution in [2.45, 2.75) is 0 Å². The summed E-state index contributed by atoms with van der Waals surface area (Å²) >= 11 is 1.24. The molecule has 2 aromatic heterocycles. The lowest BCUT2D eigenvalue weighted by Crippen LogP contribution is -2.50. The zero-order valence-electron chi connectivity index (χ0n) is 14.4. The number of benzene rings is 1. The number of nitrogens with one attached hydrogen (secondary N) is 1. The molecule has 0 aliphatic carbocycles. The Morgan fingerprint density at radius 1 is 1.22 bits per heavy atom. The number of halogens is 1. The minimum Gasteiger partial charge on any atom is -0.459 e. The summed E-state index contributed by atoms with van der Waals surface area (Å²) in [6.07, 6.45) is 1.48. The molecule has 1 fully saturated rings. The van der Waals surface area contributed by atoms with E-state index in [1.54, 1.807) is 23.1 Å². The van der Waals surface area contributed by atoms with E-state index in [0.29, 0.717) is 47.3 Å². The largest absolute Gasteiger partial charge is 0.459 e. The van der Waals surface area contributed by atoms with E-state index in [0.717, 1.165) is 0 Å². The van der Waals surface area contributed by atoms with Gasteiger partial charge in [-0.25, -0.2) is 9.37 Å². The van der Waals surface area contributed by atoms with Crippen molar-refractivity contribution < 1.29 is 18.4 Å². The van der Waals surface area contributed by atoms with Gasteiger partial charge in [0, 0.05) is 26.2 Å². The first kappa shape index (κ1) is 17.6. The number of aromatic nitrogens is 1. The number of carbonyl (C=O) groups is 2. The average molecular weight is 388 g/mol. The molecule has 0 bridgehead atoms. The van der Waals surface area contributed by atoms with E-state index in [1.165, 1.54) is 29.7 Å². The molecular weight excluding hydrogens is 371 g/mol. The van der Waals surface area contributed by atoms with Crippen LogP contribution in [0.4, 0.5) is 9.52 Å². The minimum atomic E-state index is -0.328. The van der Waals surface area contributed by atoms with Crippen LogP contribution in [0.1, 0.15) is 10.6 Å². The van der Waals surface area contributed by atoms with Crippen LogP contribution in [0.2, 0.25) is 0 Å². The topological polar surface area (TPSA) is 78.7 Å². The Kier molecular flexibility index (Phi) is 4.87. The third-order valence-electron chi connectivity index (χ3n) is 4.36. The van der Waals surface area contributed by atoms with Crippen molar-refractivity contribution in [1.82, 2.24) is 14.8 Å². The zero-order valence-corrected chi connectivity index (χ0v) is 15.2. The van der Waals surface area contributed by atoms with E-state index in [1.807, 2.05) is 4.90 Å². The van der Waals surface area contributed by atoms with Gasteiger partial charge < -0.3 is 14.6 Å². The summed E-state index contributed by atoms with van der Waals surface area (Å²) < 4.78 is 19.1. The number of nitrogens with zero attached hydrogens (tertiary/aromatic N) is 3. The van der Waals surface area contributed by atoms with Gasteiger partial charge >= 0.3 is 0 Å². The molecule has 1 saturated heterocycles. The molecule has 0 radical (unpaired) electrons. The van der Waals surface area contributed by atoms with Gasteiger partial charge in [0.2, 0.25) is 5.91 Å². The monoisotopic (exact) mass is 388 g/mol. The van der Waals surface area contributed by atoms with E-state index in [9.17, 15) is 14.0 Å². The van der Waals surface area contributed by atoms with Crippen LogP contribution in [0.25, 0.3) is 10.2 Å². The molecule has 140 valence electrons. The number of thiazole rings is 1. The highest BCUT2D eigenvalue weighted by molar-refractivity contribution is 7.22. The van der Waals surface area contributed by atoms with Crippen LogP contribution in [0.15, 0.2) is 41.0 Å². The molecule has 7 nitrogen and oxygen atoms in total. The van der Waals surface area contributed by atoms with Gasteiger partial charge in [-0.3, -0.25) is 14.5 Å². The first-order chi connectivity index (χ1) is 13.1. The Labute approximate surface area is 158 Å². The van der Waals surface area contributed by atoms with Crippen LogP contribution in [0.5, 0.6) is 0 Å². The fourth-order valence-corrected chi connectivity index (χ4v) is 3.89. The molecule has 4 rings (SSSR count).